The van der Waals surface area contributed by atoms with E-state index in [9.17, 15) is 0 Å². The van der Waals surface area contributed by atoms with Gasteiger partial charge in [-0.25, -0.2) is 0 Å². The minimum atomic E-state index is 0.305. The minimum absolute atomic E-state index is 0.305. The summed E-state index contributed by atoms with van der Waals surface area (Å²) in [5.74, 6) is 0.995. The van der Waals surface area contributed by atoms with E-state index in [1.807, 2.05) is 12.1 Å². The predicted octanol–water partition coefficient (Wildman–Crippen LogP) is 4.32. The Kier molecular flexibility index (Phi) is 4.46. The van der Waals surface area contributed by atoms with Crippen LogP contribution in [-0.2, 0) is 0 Å². The molecule has 0 aliphatic carbocycles. The van der Waals surface area contributed by atoms with Crippen LogP contribution in [0.2, 0.25) is 0 Å². The van der Waals surface area contributed by atoms with Crippen LogP contribution in [0.1, 0.15) is 32.3 Å². The van der Waals surface area contributed by atoms with Crippen LogP contribution in [-0.4, -0.2) is 6.10 Å². The maximum atomic E-state index is 5.82. The van der Waals surface area contributed by atoms with E-state index in [1.54, 1.807) is 0 Å². The molecule has 0 amide bonds. The maximum absolute atomic E-state index is 5.82. The van der Waals surface area contributed by atoms with E-state index in [-0.39, 0.29) is 0 Å². The summed E-state index contributed by atoms with van der Waals surface area (Å²) < 4.78 is 6.92. The Hall–Kier alpha value is -0.500. The standard InChI is InChI=1S/C12H17BrO/c1-4-5-10(3)14-12-7-6-11(13)8-9(12)2/h6-8,10H,4-5H2,1-3H3. The van der Waals surface area contributed by atoms with Crippen LogP contribution in [0.3, 0.4) is 0 Å². The van der Waals surface area contributed by atoms with Gasteiger partial charge in [-0.3, -0.25) is 0 Å². The Balaban J connectivity index is 2.67. The number of rotatable bonds is 4. The molecule has 1 nitrogen and oxygen atoms in total. The van der Waals surface area contributed by atoms with E-state index >= 15 is 0 Å². The number of halogens is 1. The van der Waals surface area contributed by atoms with Gasteiger partial charge in [0.25, 0.3) is 0 Å². The second-order valence-corrected chi connectivity index (χ2v) is 4.54. The van der Waals surface area contributed by atoms with Gasteiger partial charge in [0, 0.05) is 4.47 Å². The van der Waals surface area contributed by atoms with Crippen LogP contribution >= 0.6 is 15.9 Å². The number of ether oxygens (including phenoxy) is 1. The van der Waals surface area contributed by atoms with Gasteiger partial charge in [-0.2, -0.15) is 0 Å². The van der Waals surface area contributed by atoms with Gasteiger partial charge in [-0.1, -0.05) is 29.3 Å². The van der Waals surface area contributed by atoms with Gasteiger partial charge in [-0.05, 0) is 44.0 Å². The summed E-state index contributed by atoms with van der Waals surface area (Å²) in [5, 5.41) is 0. The lowest BCUT2D eigenvalue weighted by Crippen LogP contribution is -2.11. The fraction of sp³-hybridized carbons (Fsp3) is 0.500. The maximum Gasteiger partial charge on any atom is 0.122 e. The van der Waals surface area contributed by atoms with Crippen molar-refractivity contribution in [1.82, 2.24) is 0 Å². The van der Waals surface area contributed by atoms with Gasteiger partial charge >= 0.3 is 0 Å². The molecule has 1 aromatic carbocycles. The average molecular weight is 257 g/mol. The monoisotopic (exact) mass is 256 g/mol. The molecule has 0 aliphatic heterocycles. The molecule has 14 heavy (non-hydrogen) atoms. The lowest BCUT2D eigenvalue weighted by Gasteiger charge is -2.15. The molecule has 2 heteroatoms. The van der Waals surface area contributed by atoms with Crippen molar-refractivity contribution in [3.05, 3.63) is 28.2 Å². The van der Waals surface area contributed by atoms with E-state index in [1.165, 1.54) is 5.56 Å². The van der Waals surface area contributed by atoms with Crippen LogP contribution in [0.25, 0.3) is 0 Å². The van der Waals surface area contributed by atoms with Crippen LogP contribution in [0, 0.1) is 6.92 Å². The molecule has 1 unspecified atom stereocenters. The fourth-order valence-electron chi connectivity index (χ4n) is 1.43. The molecule has 0 saturated carbocycles. The predicted molar refractivity (Wildman–Crippen MR) is 63.9 cm³/mol. The van der Waals surface area contributed by atoms with Gasteiger partial charge in [0.15, 0.2) is 0 Å². The molecule has 0 fully saturated rings. The first kappa shape index (κ1) is 11.6. The van der Waals surface area contributed by atoms with Crippen molar-refractivity contribution in [2.75, 3.05) is 0 Å². The zero-order valence-electron chi connectivity index (χ0n) is 9.01. The molecule has 0 heterocycles. The van der Waals surface area contributed by atoms with Crippen LogP contribution in [0.5, 0.6) is 5.75 Å². The highest BCUT2D eigenvalue weighted by Crippen LogP contribution is 2.23. The molecule has 0 radical (unpaired) electrons. The van der Waals surface area contributed by atoms with Gasteiger partial charge in [0.2, 0.25) is 0 Å². The first-order valence-corrected chi connectivity index (χ1v) is 5.85. The highest BCUT2D eigenvalue weighted by atomic mass is 79.9. The summed E-state index contributed by atoms with van der Waals surface area (Å²) in [6.07, 6.45) is 2.58. The van der Waals surface area contributed by atoms with Gasteiger partial charge in [-0.15, -0.1) is 0 Å². The van der Waals surface area contributed by atoms with Gasteiger partial charge < -0.3 is 4.74 Å². The van der Waals surface area contributed by atoms with Crippen molar-refractivity contribution in [2.45, 2.75) is 39.7 Å². The van der Waals surface area contributed by atoms with Crippen molar-refractivity contribution < 1.29 is 4.74 Å². The Morgan fingerprint density at radius 1 is 1.43 bits per heavy atom. The normalized spacial score (nSPS) is 12.6. The highest BCUT2D eigenvalue weighted by molar-refractivity contribution is 9.10. The molecule has 0 saturated heterocycles. The third-order valence-corrected chi connectivity index (χ3v) is 2.65. The van der Waals surface area contributed by atoms with E-state index in [0.717, 1.165) is 23.1 Å². The zero-order chi connectivity index (χ0) is 10.6. The SMILES string of the molecule is CCCC(C)Oc1ccc(Br)cc1C. The van der Waals surface area contributed by atoms with Gasteiger partial charge in [0.05, 0.1) is 6.10 Å². The molecule has 0 aliphatic rings. The topological polar surface area (TPSA) is 9.23 Å². The van der Waals surface area contributed by atoms with Crippen molar-refractivity contribution in [2.24, 2.45) is 0 Å². The zero-order valence-corrected chi connectivity index (χ0v) is 10.6. The van der Waals surface area contributed by atoms with Crippen molar-refractivity contribution >= 4 is 15.9 Å². The number of hydrogen-bond acceptors (Lipinski definition) is 1. The molecule has 0 aromatic heterocycles. The van der Waals surface area contributed by atoms with E-state index in [0.29, 0.717) is 6.10 Å². The third-order valence-electron chi connectivity index (χ3n) is 2.16. The molecule has 1 atom stereocenters. The third kappa shape index (κ3) is 3.33. The Labute approximate surface area is 94.6 Å². The smallest absolute Gasteiger partial charge is 0.122 e. The number of hydrogen-bond donors (Lipinski definition) is 0. The summed E-state index contributed by atoms with van der Waals surface area (Å²) in [7, 11) is 0. The number of aryl methyl sites for hydroxylation is 1. The molecule has 78 valence electrons. The molecule has 1 aromatic rings. The van der Waals surface area contributed by atoms with Crippen molar-refractivity contribution in [1.29, 1.82) is 0 Å². The van der Waals surface area contributed by atoms with E-state index in [2.05, 4.69) is 42.8 Å². The number of benzene rings is 1. The van der Waals surface area contributed by atoms with E-state index in [4.69, 9.17) is 4.74 Å². The molecular formula is C12H17BrO. The summed E-state index contributed by atoms with van der Waals surface area (Å²) in [4.78, 5) is 0. The largest absolute Gasteiger partial charge is 0.490 e. The fourth-order valence-corrected chi connectivity index (χ4v) is 1.90. The van der Waals surface area contributed by atoms with Crippen LogP contribution < -0.4 is 4.74 Å². The Bertz CT molecular complexity index is 296. The van der Waals surface area contributed by atoms with Gasteiger partial charge in [0.1, 0.15) is 5.75 Å². The average Bonchev–Trinajstić information content (AvgIpc) is 2.10. The lowest BCUT2D eigenvalue weighted by atomic mass is 10.2. The second-order valence-electron chi connectivity index (χ2n) is 3.63. The minimum Gasteiger partial charge on any atom is -0.490 e. The Morgan fingerprint density at radius 3 is 2.71 bits per heavy atom. The summed E-state index contributed by atoms with van der Waals surface area (Å²) in [6, 6.07) is 6.11. The molecule has 1 rings (SSSR count). The molecule has 0 spiro atoms. The van der Waals surface area contributed by atoms with Crippen molar-refractivity contribution in [3.63, 3.8) is 0 Å². The van der Waals surface area contributed by atoms with Crippen LogP contribution in [0.15, 0.2) is 22.7 Å². The summed E-state index contributed by atoms with van der Waals surface area (Å²) >= 11 is 3.44. The Morgan fingerprint density at radius 2 is 2.14 bits per heavy atom. The van der Waals surface area contributed by atoms with E-state index < -0.39 is 0 Å². The van der Waals surface area contributed by atoms with Crippen LogP contribution in [0.4, 0.5) is 0 Å². The summed E-state index contributed by atoms with van der Waals surface area (Å²) in [5.41, 5.74) is 1.18. The van der Waals surface area contributed by atoms with Crippen molar-refractivity contribution in [3.8, 4) is 5.75 Å². The first-order valence-electron chi connectivity index (χ1n) is 5.06. The molecular weight excluding hydrogens is 240 g/mol. The second kappa shape index (κ2) is 5.40. The molecule has 0 N–H and O–H groups in total. The first-order chi connectivity index (χ1) is 6.63. The lowest BCUT2D eigenvalue weighted by molar-refractivity contribution is 0.208. The molecule has 0 bridgehead atoms. The summed E-state index contributed by atoms with van der Waals surface area (Å²) in [6.45, 7) is 6.36. The highest BCUT2D eigenvalue weighted by Gasteiger charge is 2.05. The quantitative estimate of drug-likeness (QED) is 0.780.